The Kier molecular flexibility index (Phi) is 3.06. The highest BCUT2D eigenvalue weighted by molar-refractivity contribution is 7.15. The van der Waals surface area contributed by atoms with E-state index in [9.17, 15) is 4.79 Å². The standard InChI is InChI=1S/C15H8ClN3O2S/c16-11-4-2-1-3-10(11)12-6-5-9(21-12)7-13-14(20)19-15(22-13)17-8-18-19/h1-8H. The van der Waals surface area contributed by atoms with Crippen LogP contribution in [0.25, 0.3) is 22.4 Å². The van der Waals surface area contributed by atoms with Crippen molar-refractivity contribution in [2.24, 2.45) is 0 Å². The average molecular weight is 330 g/mol. The number of furan rings is 1. The van der Waals surface area contributed by atoms with Crippen molar-refractivity contribution in [3.8, 4) is 11.3 Å². The van der Waals surface area contributed by atoms with E-state index in [1.54, 1.807) is 18.2 Å². The third kappa shape index (κ3) is 2.13. The Morgan fingerprint density at radius 1 is 1.23 bits per heavy atom. The van der Waals surface area contributed by atoms with E-state index in [1.807, 2.05) is 24.3 Å². The SMILES string of the molecule is O=c1c(=Cc2ccc(-c3ccccc3Cl)o2)sc2ncnn12. The molecule has 0 N–H and O–H groups in total. The molecule has 0 unspecified atom stereocenters. The Morgan fingerprint density at radius 3 is 2.91 bits per heavy atom. The second-order valence-corrected chi connectivity index (χ2v) is 5.97. The number of hydrogen-bond donors (Lipinski definition) is 0. The van der Waals surface area contributed by atoms with Crippen LogP contribution in [0.2, 0.25) is 5.02 Å². The van der Waals surface area contributed by atoms with Crippen molar-refractivity contribution in [2.75, 3.05) is 0 Å². The first kappa shape index (κ1) is 13.2. The van der Waals surface area contributed by atoms with Gasteiger partial charge in [0.25, 0.3) is 5.56 Å². The molecular weight excluding hydrogens is 322 g/mol. The van der Waals surface area contributed by atoms with Crippen LogP contribution in [0.5, 0.6) is 0 Å². The average Bonchev–Trinajstić information content (AvgIpc) is 3.20. The number of thiazole rings is 1. The largest absolute Gasteiger partial charge is 0.457 e. The van der Waals surface area contributed by atoms with Gasteiger partial charge in [0.2, 0.25) is 4.96 Å². The van der Waals surface area contributed by atoms with E-state index in [0.29, 0.717) is 26.0 Å². The molecule has 0 saturated carbocycles. The maximum absolute atomic E-state index is 12.1. The van der Waals surface area contributed by atoms with Gasteiger partial charge in [-0.25, -0.2) is 4.98 Å². The van der Waals surface area contributed by atoms with Crippen LogP contribution in [0.15, 0.2) is 51.9 Å². The molecule has 0 bridgehead atoms. The van der Waals surface area contributed by atoms with Gasteiger partial charge in [0.15, 0.2) is 0 Å². The molecule has 0 radical (unpaired) electrons. The first-order chi connectivity index (χ1) is 10.7. The summed E-state index contributed by atoms with van der Waals surface area (Å²) in [7, 11) is 0. The monoisotopic (exact) mass is 329 g/mol. The van der Waals surface area contributed by atoms with Crippen molar-refractivity contribution in [3.05, 3.63) is 68.4 Å². The molecule has 0 aliphatic heterocycles. The van der Waals surface area contributed by atoms with Gasteiger partial charge in [0, 0.05) is 11.6 Å². The second kappa shape index (κ2) is 5.08. The van der Waals surface area contributed by atoms with Gasteiger partial charge in [-0.15, -0.1) is 0 Å². The fraction of sp³-hybridized carbons (Fsp3) is 0. The molecule has 108 valence electrons. The van der Waals surface area contributed by atoms with E-state index in [-0.39, 0.29) is 5.56 Å². The van der Waals surface area contributed by atoms with Gasteiger partial charge < -0.3 is 4.42 Å². The van der Waals surface area contributed by atoms with Crippen LogP contribution in [-0.4, -0.2) is 14.6 Å². The second-order valence-electron chi connectivity index (χ2n) is 4.55. The third-order valence-corrected chi connectivity index (χ3v) is 4.46. The Hall–Kier alpha value is -2.44. The number of fused-ring (bicyclic) bond motifs is 1. The smallest absolute Gasteiger partial charge is 0.291 e. The summed E-state index contributed by atoms with van der Waals surface area (Å²) in [5, 5.41) is 4.50. The van der Waals surface area contributed by atoms with E-state index < -0.39 is 0 Å². The van der Waals surface area contributed by atoms with Crippen molar-refractivity contribution in [3.63, 3.8) is 0 Å². The van der Waals surface area contributed by atoms with Gasteiger partial charge in [-0.2, -0.15) is 9.61 Å². The predicted octanol–water partition coefficient (Wildman–Crippen LogP) is 2.61. The highest BCUT2D eigenvalue weighted by Crippen LogP contribution is 2.29. The molecule has 4 aromatic rings. The fourth-order valence-electron chi connectivity index (χ4n) is 2.14. The van der Waals surface area contributed by atoms with Crippen LogP contribution in [0.4, 0.5) is 0 Å². The van der Waals surface area contributed by atoms with Gasteiger partial charge in [0.1, 0.15) is 22.4 Å². The number of hydrogen-bond acceptors (Lipinski definition) is 5. The highest BCUT2D eigenvalue weighted by Gasteiger charge is 2.09. The van der Waals surface area contributed by atoms with Crippen molar-refractivity contribution in [2.45, 2.75) is 0 Å². The zero-order valence-corrected chi connectivity index (χ0v) is 12.6. The molecule has 0 fully saturated rings. The lowest BCUT2D eigenvalue weighted by Crippen LogP contribution is -2.23. The van der Waals surface area contributed by atoms with Crippen molar-refractivity contribution in [1.29, 1.82) is 0 Å². The topological polar surface area (TPSA) is 60.4 Å². The molecule has 1 aromatic carbocycles. The van der Waals surface area contributed by atoms with Crippen molar-refractivity contribution >= 4 is 34.0 Å². The summed E-state index contributed by atoms with van der Waals surface area (Å²) >= 11 is 7.42. The van der Waals surface area contributed by atoms with E-state index >= 15 is 0 Å². The van der Waals surface area contributed by atoms with Crippen molar-refractivity contribution in [1.82, 2.24) is 14.6 Å². The molecule has 0 spiro atoms. The maximum atomic E-state index is 12.1. The number of halogens is 1. The summed E-state index contributed by atoms with van der Waals surface area (Å²) in [5.74, 6) is 1.24. The molecule has 0 atom stereocenters. The lowest BCUT2D eigenvalue weighted by atomic mass is 10.2. The van der Waals surface area contributed by atoms with Gasteiger partial charge >= 0.3 is 0 Å². The maximum Gasteiger partial charge on any atom is 0.291 e. The van der Waals surface area contributed by atoms with Crippen LogP contribution >= 0.6 is 22.9 Å². The zero-order valence-electron chi connectivity index (χ0n) is 11.1. The Bertz CT molecular complexity index is 1080. The fourth-order valence-corrected chi connectivity index (χ4v) is 3.23. The van der Waals surface area contributed by atoms with Crippen molar-refractivity contribution < 1.29 is 4.42 Å². The molecule has 3 heterocycles. The predicted molar refractivity (Wildman–Crippen MR) is 85.1 cm³/mol. The normalized spacial score (nSPS) is 12.3. The quantitative estimate of drug-likeness (QED) is 0.567. The van der Waals surface area contributed by atoms with Crippen LogP contribution in [0.1, 0.15) is 5.76 Å². The molecule has 7 heteroatoms. The minimum atomic E-state index is -0.201. The molecular formula is C15H8ClN3O2S. The summed E-state index contributed by atoms with van der Waals surface area (Å²) in [6.45, 7) is 0. The molecule has 4 rings (SSSR count). The molecule has 5 nitrogen and oxygen atoms in total. The Labute approximate surface area is 133 Å². The molecule has 22 heavy (non-hydrogen) atoms. The summed E-state index contributed by atoms with van der Waals surface area (Å²) in [5.41, 5.74) is 0.613. The number of rotatable bonds is 2. The molecule has 0 saturated heterocycles. The Morgan fingerprint density at radius 2 is 2.09 bits per heavy atom. The molecule has 3 aromatic heterocycles. The van der Waals surface area contributed by atoms with E-state index in [1.165, 1.54) is 22.2 Å². The van der Waals surface area contributed by atoms with E-state index in [0.717, 1.165) is 5.56 Å². The molecule has 0 aliphatic carbocycles. The van der Waals surface area contributed by atoms with Crippen LogP contribution in [0, 0.1) is 0 Å². The van der Waals surface area contributed by atoms with Crippen LogP contribution in [0.3, 0.4) is 0 Å². The Balaban J connectivity index is 1.80. The zero-order chi connectivity index (χ0) is 15.1. The minimum absolute atomic E-state index is 0.201. The number of nitrogens with zero attached hydrogens (tertiary/aromatic N) is 3. The van der Waals surface area contributed by atoms with Crippen LogP contribution < -0.4 is 10.1 Å². The van der Waals surface area contributed by atoms with Gasteiger partial charge in [-0.05, 0) is 24.3 Å². The van der Waals surface area contributed by atoms with Crippen LogP contribution in [-0.2, 0) is 0 Å². The number of benzene rings is 1. The van der Waals surface area contributed by atoms with Gasteiger partial charge in [-0.1, -0.05) is 35.1 Å². The number of aromatic nitrogens is 3. The first-order valence-electron chi connectivity index (χ1n) is 6.41. The lowest BCUT2D eigenvalue weighted by Gasteiger charge is -1.98. The summed E-state index contributed by atoms with van der Waals surface area (Å²) in [6.07, 6.45) is 3.04. The molecule has 0 aliphatic rings. The lowest BCUT2D eigenvalue weighted by molar-refractivity contribution is 0.571. The summed E-state index contributed by atoms with van der Waals surface area (Å²) in [6, 6.07) is 11.1. The summed E-state index contributed by atoms with van der Waals surface area (Å²) in [4.78, 5) is 16.7. The minimum Gasteiger partial charge on any atom is -0.457 e. The summed E-state index contributed by atoms with van der Waals surface area (Å²) < 4.78 is 7.56. The highest BCUT2D eigenvalue weighted by atomic mass is 35.5. The van der Waals surface area contributed by atoms with E-state index in [4.69, 9.17) is 16.0 Å². The third-order valence-electron chi connectivity index (χ3n) is 3.16. The first-order valence-corrected chi connectivity index (χ1v) is 7.61. The van der Waals surface area contributed by atoms with Gasteiger partial charge in [0.05, 0.1) is 5.02 Å². The van der Waals surface area contributed by atoms with Gasteiger partial charge in [-0.3, -0.25) is 4.79 Å². The van der Waals surface area contributed by atoms with E-state index in [2.05, 4.69) is 10.1 Å². The molecule has 0 amide bonds.